The zero-order valence-electron chi connectivity index (χ0n) is 20.1. The predicted octanol–water partition coefficient (Wildman–Crippen LogP) is 3.94. The first-order valence-electron chi connectivity index (χ1n) is 12.5. The number of halogens is 1. The van der Waals surface area contributed by atoms with E-state index in [0.717, 1.165) is 25.9 Å². The number of aliphatic hydroxyl groups is 2. The fraction of sp³-hybridized carbons (Fsp3) is 0.692. The number of hydrogen-bond acceptors (Lipinski definition) is 5. The molecule has 188 valence electrons. The third-order valence-electron chi connectivity index (χ3n) is 8.85. The minimum absolute atomic E-state index is 0.0227. The van der Waals surface area contributed by atoms with Crippen LogP contribution in [-0.4, -0.2) is 59.0 Å². The second-order valence-electron chi connectivity index (χ2n) is 10.8. The molecule has 0 aromatic heterocycles. The number of carbonyl (C=O) groups excluding carboxylic acids is 2. The molecule has 2 amide bonds. The van der Waals surface area contributed by atoms with E-state index >= 15 is 0 Å². The lowest BCUT2D eigenvalue weighted by atomic mass is 9.46. The molecule has 1 heterocycles. The normalized spacial score (nSPS) is 35.5. The van der Waals surface area contributed by atoms with Gasteiger partial charge in [-0.2, -0.15) is 0 Å². The molecule has 1 aliphatic heterocycles. The van der Waals surface area contributed by atoms with Crippen LogP contribution >= 0.6 is 0 Å². The molecule has 1 aromatic rings. The SMILES string of the molecule is C[C@]1(CO)[C@@H]2CC[C@@H](O)[C@@H](CC(=O)N3CCCC3)[C@]2(C)CC[C@H]1OC(=O)Nc1cccc(F)c1. The number of anilines is 1. The van der Waals surface area contributed by atoms with Gasteiger partial charge in [0, 0.05) is 30.6 Å². The topological polar surface area (TPSA) is 99.1 Å². The van der Waals surface area contributed by atoms with Gasteiger partial charge in [-0.15, -0.1) is 0 Å². The maximum Gasteiger partial charge on any atom is 0.411 e. The lowest BCUT2D eigenvalue weighted by molar-refractivity contribution is -0.186. The molecule has 8 heteroatoms. The number of likely N-dealkylation sites (tertiary alicyclic amines) is 1. The van der Waals surface area contributed by atoms with Crippen molar-refractivity contribution in [2.75, 3.05) is 25.0 Å². The monoisotopic (exact) mass is 476 g/mol. The average Bonchev–Trinajstić information content (AvgIpc) is 3.33. The maximum atomic E-state index is 13.5. The Morgan fingerprint density at radius 3 is 2.62 bits per heavy atom. The summed E-state index contributed by atoms with van der Waals surface area (Å²) in [4.78, 5) is 27.5. The Kier molecular flexibility index (Phi) is 7.20. The van der Waals surface area contributed by atoms with E-state index in [4.69, 9.17) is 4.74 Å². The highest BCUT2D eigenvalue weighted by Crippen LogP contribution is 2.61. The summed E-state index contributed by atoms with van der Waals surface area (Å²) in [5.41, 5.74) is -0.775. The number of aliphatic hydroxyl groups excluding tert-OH is 2. The van der Waals surface area contributed by atoms with Gasteiger partial charge in [0.05, 0.1) is 12.7 Å². The van der Waals surface area contributed by atoms with Gasteiger partial charge < -0.3 is 19.8 Å². The van der Waals surface area contributed by atoms with E-state index in [2.05, 4.69) is 12.2 Å². The first-order valence-corrected chi connectivity index (χ1v) is 12.5. The predicted molar refractivity (Wildman–Crippen MR) is 125 cm³/mol. The minimum Gasteiger partial charge on any atom is -0.445 e. The van der Waals surface area contributed by atoms with Gasteiger partial charge in [0.2, 0.25) is 5.91 Å². The van der Waals surface area contributed by atoms with Crippen molar-refractivity contribution in [2.24, 2.45) is 22.7 Å². The summed E-state index contributed by atoms with van der Waals surface area (Å²) in [5.74, 6) is -0.582. The summed E-state index contributed by atoms with van der Waals surface area (Å²) in [5, 5.41) is 24.0. The molecule has 34 heavy (non-hydrogen) atoms. The van der Waals surface area contributed by atoms with Crippen LogP contribution in [0.3, 0.4) is 0 Å². The van der Waals surface area contributed by atoms with Crippen molar-refractivity contribution >= 4 is 17.7 Å². The Labute approximate surface area is 200 Å². The van der Waals surface area contributed by atoms with Crippen molar-refractivity contribution in [3.8, 4) is 0 Å². The molecule has 0 unspecified atom stereocenters. The summed E-state index contributed by atoms with van der Waals surface area (Å²) in [7, 11) is 0. The molecule has 7 nitrogen and oxygen atoms in total. The number of hydrogen-bond donors (Lipinski definition) is 3. The fourth-order valence-electron chi connectivity index (χ4n) is 6.91. The molecule has 0 radical (unpaired) electrons. The number of amides is 2. The first kappa shape index (κ1) is 24.9. The summed E-state index contributed by atoms with van der Waals surface area (Å²) in [6.07, 6.45) is 3.01. The molecular weight excluding hydrogens is 439 g/mol. The Hall–Kier alpha value is -2.19. The number of fused-ring (bicyclic) bond motifs is 1. The van der Waals surface area contributed by atoms with Crippen LogP contribution in [-0.2, 0) is 9.53 Å². The second kappa shape index (κ2) is 9.82. The molecule has 3 N–H and O–H groups in total. The number of nitrogens with zero attached hydrogens (tertiary/aromatic N) is 1. The largest absolute Gasteiger partial charge is 0.445 e. The molecule has 6 atom stereocenters. The van der Waals surface area contributed by atoms with Gasteiger partial charge in [0.1, 0.15) is 11.9 Å². The third-order valence-corrected chi connectivity index (χ3v) is 8.85. The van der Waals surface area contributed by atoms with Gasteiger partial charge in [0.15, 0.2) is 0 Å². The van der Waals surface area contributed by atoms with Crippen LogP contribution in [0.2, 0.25) is 0 Å². The summed E-state index contributed by atoms with van der Waals surface area (Å²) < 4.78 is 19.3. The second-order valence-corrected chi connectivity index (χ2v) is 10.8. The van der Waals surface area contributed by atoms with Gasteiger partial charge in [0.25, 0.3) is 0 Å². The van der Waals surface area contributed by atoms with Crippen molar-refractivity contribution in [2.45, 2.75) is 71.0 Å². The smallest absolute Gasteiger partial charge is 0.411 e. The molecule has 4 rings (SSSR count). The Morgan fingerprint density at radius 2 is 1.94 bits per heavy atom. The highest BCUT2D eigenvalue weighted by atomic mass is 19.1. The molecule has 3 aliphatic rings. The van der Waals surface area contributed by atoms with Crippen LogP contribution < -0.4 is 5.32 Å². The average molecular weight is 477 g/mol. The van der Waals surface area contributed by atoms with E-state index in [-0.39, 0.29) is 29.8 Å². The summed E-state index contributed by atoms with van der Waals surface area (Å²) in [6, 6.07) is 5.60. The van der Waals surface area contributed by atoms with E-state index in [1.807, 2.05) is 11.8 Å². The number of rotatable bonds is 5. The molecule has 0 bridgehead atoms. The van der Waals surface area contributed by atoms with E-state index in [1.54, 1.807) is 6.07 Å². The Balaban J connectivity index is 1.50. The summed E-state index contributed by atoms with van der Waals surface area (Å²) >= 11 is 0. The molecule has 2 saturated carbocycles. The van der Waals surface area contributed by atoms with Crippen LogP contribution in [0, 0.1) is 28.5 Å². The molecular formula is C26H37FN2O5. The molecule has 2 aliphatic carbocycles. The van der Waals surface area contributed by atoms with E-state index in [1.165, 1.54) is 18.2 Å². The van der Waals surface area contributed by atoms with Crippen molar-refractivity contribution < 1.29 is 28.9 Å². The number of carbonyl (C=O) groups is 2. The van der Waals surface area contributed by atoms with Crippen molar-refractivity contribution in [3.05, 3.63) is 30.1 Å². The Morgan fingerprint density at radius 1 is 1.21 bits per heavy atom. The van der Waals surface area contributed by atoms with Crippen LogP contribution in [0.5, 0.6) is 0 Å². The number of nitrogens with one attached hydrogen (secondary N) is 1. The quantitative estimate of drug-likeness (QED) is 0.598. The molecule has 1 saturated heterocycles. The van der Waals surface area contributed by atoms with Crippen molar-refractivity contribution in [1.82, 2.24) is 4.90 Å². The summed E-state index contributed by atoms with van der Waals surface area (Å²) in [6.45, 7) is 5.46. The van der Waals surface area contributed by atoms with Gasteiger partial charge in [-0.25, -0.2) is 9.18 Å². The number of ether oxygens (including phenoxy) is 1. The zero-order valence-corrected chi connectivity index (χ0v) is 20.1. The lowest BCUT2D eigenvalue weighted by Crippen LogP contribution is -2.61. The van der Waals surface area contributed by atoms with Gasteiger partial charge in [-0.05, 0) is 74.0 Å². The third kappa shape index (κ3) is 4.67. The van der Waals surface area contributed by atoms with E-state index < -0.39 is 29.5 Å². The maximum absolute atomic E-state index is 13.5. The van der Waals surface area contributed by atoms with Crippen molar-refractivity contribution in [1.29, 1.82) is 0 Å². The van der Waals surface area contributed by atoms with Gasteiger partial charge >= 0.3 is 6.09 Å². The van der Waals surface area contributed by atoms with Gasteiger partial charge in [-0.3, -0.25) is 10.1 Å². The van der Waals surface area contributed by atoms with Crippen LogP contribution in [0.25, 0.3) is 0 Å². The lowest BCUT2D eigenvalue weighted by Gasteiger charge is -2.60. The van der Waals surface area contributed by atoms with Crippen molar-refractivity contribution in [3.63, 3.8) is 0 Å². The Bertz CT molecular complexity index is 907. The standard InChI is InChI=1S/C26H37FN2O5/c1-25-11-10-22(34-24(33)28-18-7-5-6-17(27)14-18)26(2,16-30)21(25)9-8-20(31)19(25)15-23(32)29-12-3-4-13-29/h5-7,14,19-22,30-31H,3-4,8-13,15-16H2,1-2H3,(H,28,33)/t19-,20-,21-,22-,25+,26+/m1/s1. The first-order chi connectivity index (χ1) is 16.2. The van der Waals surface area contributed by atoms with E-state index in [0.29, 0.717) is 37.8 Å². The van der Waals surface area contributed by atoms with E-state index in [9.17, 15) is 24.2 Å². The highest BCUT2D eigenvalue weighted by Gasteiger charge is 2.60. The van der Waals surface area contributed by atoms with Crippen LogP contribution in [0.1, 0.15) is 58.8 Å². The highest BCUT2D eigenvalue weighted by molar-refractivity contribution is 5.84. The van der Waals surface area contributed by atoms with Gasteiger partial charge in [-0.1, -0.05) is 19.9 Å². The minimum atomic E-state index is -0.721. The zero-order chi connectivity index (χ0) is 24.5. The van der Waals surface area contributed by atoms with Crippen LogP contribution in [0.4, 0.5) is 14.9 Å². The number of benzene rings is 1. The fourth-order valence-corrected chi connectivity index (χ4v) is 6.91. The molecule has 1 aromatic carbocycles. The van der Waals surface area contributed by atoms with Crippen LogP contribution in [0.15, 0.2) is 24.3 Å². The molecule has 0 spiro atoms. The molecule has 3 fully saturated rings.